The molecule has 0 aromatic heterocycles. The van der Waals surface area contributed by atoms with Crippen LogP contribution in [0.25, 0.3) is 0 Å². The molecule has 0 N–H and O–H groups in total. The number of hydrogen-bond donors (Lipinski definition) is 0. The fraction of sp³-hybridized carbons (Fsp3) is 1.00. The van der Waals surface area contributed by atoms with Gasteiger partial charge in [0.15, 0.2) is 0 Å². The summed E-state index contributed by atoms with van der Waals surface area (Å²) in [4.78, 5) is 2.42. The van der Waals surface area contributed by atoms with Gasteiger partial charge in [0, 0.05) is 19.6 Å². The van der Waals surface area contributed by atoms with Crippen molar-refractivity contribution in [3.63, 3.8) is 0 Å². The molecule has 0 amide bonds. The van der Waals surface area contributed by atoms with Crippen LogP contribution in [0.5, 0.6) is 0 Å². The van der Waals surface area contributed by atoms with E-state index in [9.17, 15) is 0 Å². The van der Waals surface area contributed by atoms with Gasteiger partial charge in [0.2, 0.25) is 0 Å². The summed E-state index contributed by atoms with van der Waals surface area (Å²) in [5.74, 6) is 0. The van der Waals surface area contributed by atoms with Gasteiger partial charge in [-0.2, -0.15) is 10.2 Å². The standard InChI is InChI=1S/C10H21N3O/c1-10(2)12-11-4-3-5-13-6-8-14-9-7-13/h10H,3-9H2,1-2H3. The molecule has 4 heteroatoms. The smallest absolute Gasteiger partial charge is 0.0652 e. The largest absolute Gasteiger partial charge is 0.379 e. The summed E-state index contributed by atoms with van der Waals surface area (Å²) < 4.78 is 5.28. The van der Waals surface area contributed by atoms with E-state index in [4.69, 9.17) is 4.74 Å². The minimum absolute atomic E-state index is 0.332. The Balaban J connectivity index is 1.97. The molecule has 0 aliphatic carbocycles. The predicted octanol–water partition coefficient (Wildman–Crippen LogP) is 1.57. The fourth-order valence-electron chi connectivity index (χ4n) is 1.41. The monoisotopic (exact) mass is 199 g/mol. The minimum Gasteiger partial charge on any atom is -0.379 e. The second-order valence-electron chi connectivity index (χ2n) is 3.88. The van der Waals surface area contributed by atoms with Crippen LogP contribution in [0.15, 0.2) is 10.2 Å². The maximum atomic E-state index is 5.28. The highest BCUT2D eigenvalue weighted by molar-refractivity contribution is 4.62. The van der Waals surface area contributed by atoms with Crippen molar-refractivity contribution >= 4 is 0 Å². The third-order valence-electron chi connectivity index (χ3n) is 2.15. The second-order valence-corrected chi connectivity index (χ2v) is 3.88. The summed E-state index contributed by atoms with van der Waals surface area (Å²) in [6.45, 7) is 9.98. The SMILES string of the molecule is CC(C)N=NCCCN1CCOCC1. The van der Waals surface area contributed by atoms with E-state index < -0.39 is 0 Å². The first kappa shape index (κ1) is 11.6. The summed E-state index contributed by atoms with van der Waals surface area (Å²) in [5.41, 5.74) is 0. The summed E-state index contributed by atoms with van der Waals surface area (Å²) in [5, 5.41) is 8.21. The predicted molar refractivity (Wildman–Crippen MR) is 56.7 cm³/mol. The summed E-state index contributed by atoms with van der Waals surface area (Å²) in [6.07, 6.45) is 1.11. The van der Waals surface area contributed by atoms with Gasteiger partial charge in [-0.25, -0.2) is 0 Å². The van der Waals surface area contributed by atoms with E-state index in [0.29, 0.717) is 6.04 Å². The van der Waals surface area contributed by atoms with Crippen molar-refractivity contribution in [1.29, 1.82) is 0 Å². The molecule has 0 unspecified atom stereocenters. The molecule has 0 radical (unpaired) electrons. The van der Waals surface area contributed by atoms with Crippen molar-refractivity contribution in [2.24, 2.45) is 10.2 Å². The van der Waals surface area contributed by atoms with Crippen molar-refractivity contribution in [3.05, 3.63) is 0 Å². The zero-order valence-corrected chi connectivity index (χ0v) is 9.28. The van der Waals surface area contributed by atoms with E-state index in [1.165, 1.54) is 0 Å². The molecule has 1 heterocycles. The number of morpholine rings is 1. The molecular formula is C10H21N3O. The van der Waals surface area contributed by atoms with Crippen molar-refractivity contribution in [1.82, 2.24) is 4.90 Å². The highest BCUT2D eigenvalue weighted by atomic mass is 16.5. The highest BCUT2D eigenvalue weighted by Crippen LogP contribution is 1.98. The van der Waals surface area contributed by atoms with E-state index in [1.54, 1.807) is 0 Å². The van der Waals surface area contributed by atoms with E-state index in [0.717, 1.165) is 45.8 Å². The van der Waals surface area contributed by atoms with Crippen LogP contribution in [0.4, 0.5) is 0 Å². The lowest BCUT2D eigenvalue weighted by Crippen LogP contribution is -2.37. The van der Waals surface area contributed by atoms with Gasteiger partial charge in [0.25, 0.3) is 0 Å². The van der Waals surface area contributed by atoms with Crippen LogP contribution in [-0.2, 0) is 4.74 Å². The number of rotatable bonds is 5. The lowest BCUT2D eigenvalue weighted by Gasteiger charge is -2.26. The Kier molecular flexibility index (Phi) is 5.71. The normalized spacial score (nSPS) is 19.6. The lowest BCUT2D eigenvalue weighted by molar-refractivity contribution is 0.0377. The van der Waals surface area contributed by atoms with Gasteiger partial charge in [-0.15, -0.1) is 0 Å². The molecule has 0 aromatic rings. The van der Waals surface area contributed by atoms with Gasteiger partial charge in [0.1, 0.15) is 0 Å². The number of azo groups is 1. The van der Waals surface area contributed by atoms with Crippen LogP contribution < -0.4 is 0 Å². The molecule has 0 spiro atoms. The van der Waals surface area contributed by atoms with Crippen LogP contribution >= 0.6 is 0 Å². The molecule has 0 saturated carbocycles. The third kappa shape index (κ3) is 5.29. The molecule has 1 fully saturated rings. The molecule has 1 saturated heterocycles. The number of ether oxygens (including phenoxy) is 1. The molecule has 0 atom stereocenters. The van der Waals surface area contributed by atoms with Gasteiger partial charge in [0.05, 0.1) is 25.8 Å². The van der Waals surface area contributed by atoms with Crippen LogP contribution in [-0.4, -0.2) is 50.3 Å². The second kappa shape index (κ2) is 6.90. The molecule has 14 heavy (non-hydrogen) atoms. The Labute approximate surface area is 86.3 Å². The van der Waals surface area contributed by atoms with Crippen molar-refractivity contribution < 1.29 is 4.74 Å². The van der Waals surface area contributed by atoms with Crippen LogP contribution in [0.3, 0.4) is 0 Å². The summed E-state index contributed by atoms with van der Waals surface area (Å²) in [7, 11) is 0. The topological polar surface area (TPSA) is 37.2 Å². The quantitative estimate of drug-likeness (QED) is 0.498. The van der Waals surface area contributed by atoms with E-state index in [-0.39, 0.29) is 0 Å². The Bertz CT molecular complexity index is 165. The average molecular weight is 199 g/mol. The van der Waals surface area contributed by atoms with E-state index in [1.807, 2.05) is 13.8 Å². The zero-order chi connectivity index (χ0) is 10.2. The first-order valence-electron chi connectivity index (χ1n) is 5.46. The molecule has 1 aliphatic heterocycles. The van der Waals surface area contributed by atoms with Gasteiger partial charge < -0.3 is 4.74 Å². The minimum atomic E-state index is 0.332. The summed E-state index contributed by atoms with van der Waals surface area (Å²) >= 11 is 0. The Morgan fingerprint density at radius 1 is 1.29 bits per heavy atom. The molecule has 1 rings (SSSR count). The molecule has 0 aromatic carbocycles. The van der Waals surface area contributed by atoms with Crippen LogP contribution in [0, 0.1) is 0 Å². The van der Waals surface area contributed by atoms with Gasteiger partial charge >= 0.3 is 0 Å². The zero-order valence-electron chi connectivity index (χ0n) is 9.28. The van der Waals surface area contributed by atoms with Gasteiger partial charge in [-0.05, 0) is 20.3 Å². The first-order chi connectivity index (χ1) is 6.79. The molecule has 0 bridgehead atoms. The van der Waals surface area contributed by atoms with Crippen LogP contribution in [0.2, 0.25) is 0 Å². The maximum absolute atomic E-state index is 5.28. The average Bonchev–Trinajstić information content (AvgIpc) is 2.18. The fourth-order valence-corrected chi connectivity index (χ4v) is 1.41. The van der Waals surface area contributed by atoms with Crippen molar-refractivity contribution in [3.8, 4) is 0 Å². The number of nitrogens with zero attached hydrogens (tertiary/aromatic N) is 3. The van der Waals surface area contributed by atoms with Gasteiger partial charge in [-0.3, -0.25) is 4.90 Å². The Hall–Kier alpha value is -0.480. The Morgan fingerprint density at radius 2 is 2.00 bits per heavy atom. The Morgan fingerprint density at radius 3 is 2.64 bits per heavy atom. The lowest BCUT2D eigenvalue weighted by atomic mass is 10.3. The number of hydrogen-bond acceptors (Lipinski definition) is 4. The van der Waals surface area contributed by atoms with Crippen molar-refractivity contribution in [2.45, 2.75) is 26.3 Å². The molecule has 1 aliphatic rings. The van der Waals surface area contributed by atoms with Crippen LogP contribution in [0.1, 0.15) is 20.3 Å². The first-order valence-corrected chi connectivity index (χ1v) is 5.46. The molecule has 4 nitrogen and oxygen atoms in total. The van der Waals surface area contributed by atoms with Crippen molar-refractivity contribution in [2.75, 3.05) is 39.4 Å². The molecule has 82 valence electrons. The van der Waals surface area contributed by atoms with Gasteiger partial charge in [-0.1, -0.05) is 0 Å². The third-order valence-corrected chi connectivity index (χ3v) is 2.15. The highest BCUT2D eigenvalue weighted by Gasteiger charge is 2.08. The maximum Gasteiger partial charge on any atom is 0.0652 e. The van der Waals surface area contributed by atoms with E-state index >= 15 is 0 Å². The molecular weight excluding hydrogens is 178 g/mol. The summed E-state index contributed by atoms with van der Waals surface area (Å²) in [6, 6.07) is 0.332. The van der Waals surface area contributed by atoms with E-state index in [2.05, 4.69) is 15.1 Å².